The molecule has 0 atom stereocenters. The molecular weight excluding hydrogens is 334 g/mol. The van der Waals surface area contributed by atoms with Crippen LogP contribution in [0.2, 0.25) is 10.0 Å². The number of fused-ring (bicyclic) bond motifs is 1. The van der Waals surface area contributed by atoms with Gasteiger partial charge in [-0.05, 0) is 36.4 Å². The van der Waals surface area contributed by atoms with Crippen molar-refractivity contribution in [2.75, 3.05) is 5.88 Å². The molecule has 108 valence electrons. The Morgan fingerprint density at radius 2 is 1.86 bits per heavy atom. The molecule has 0 aliphatic heterocycles. The number of imidazole rings is 1. The second-order valence-corrected chi connectivity index (χ2v) is 5.81. The fraction of sp³-hybridized carbons (Fsp3) is 0.133. The standard InChI is InChI=1S/C15H10Cl3FN2/c16-4-3-15-20-13-2-1-9(17)7-14(13)21(15)12-6-10(18)5-11(19)8-12/h1-2,5-8H,3-4H2. The normalized spacial score (nSPS) is 11.2. The first-order valence-electron chi connectivity index (χ1n) is 6.28. The van der Waals surface area contributed by atoms with Gasteiger partial charge >= 0.3 is 0 Å². The number of aromatic nitrogens is 2. The van der Waals surface area contributed by atoms with Crippen molar-refractivity contribution in [1.29, 1.82) is 0 Å². The van der Waals surface area contributed by atoms with Gasteiger partial charge < -0.3 is 0 Å². The Kier molecular flexibility index (Phi) is 4.07. The number of benzene rings is 2. The number of alkyl halides is 1. The fourth-order valence-corrected chi connectivity index (χ4v) is 2.86. The quantitative estimate of drug-likeness (QED) is 0.594. The molecule has 0 saturated carbocycles. The van der Waals surface area contributed by atoms with Crippen molar-refractivity contribution < 1.29 is 4.39 Å². The lowest BCUT2D eigenvalue weighted by molar-refractivity contribution is 0.626. The van der Waals surface area contributed by atoms with Crippen LogP contribution in [0.1, 0.15) is 5.82 Å². The lowest BCUT2D eigenvalue weighted by Gasteiger charge is -2.09. The topological polar surface area (TPSA) is 17.8 Å². The lowest BCUT2D eigenvalue weighted by atomic mass is 10.2. The number of aryl methyl sites for hydroxylation is 1. The van der Waals surface area contributed by atoms with Crippen LogP contribution in [-0.2, 0) is 6.42 Å². The van der Waals surface area contributed by atoms with Gasteiger partial charge in [-0.25, -0.2) is 9.37 Å². The molecule has 0 saturated heterocycles. The van der Waals surface area contributed by atoms with E-state index in [4.69, 9.17) is 34.8 Å². The van der Waals surface area contributed by atoms with E-state index in [1.807, 2.05) is 10.6 Å². The molecule has 0 fully saturated rings. The van der Waals surface area contributed by atoms with Gasteiger partial charge in [0.2, 0.25) is 0 Å². The van der Waals surface area contributed by atoms with E-state index < -0.39 is 5.82 Å². The van der Waals surface area contributed by atoms with E-state index in [-0.39, 0.29) is 0 Å². The first-order valence-corrected chi connectivity index (χ1v) is 7.57. The predicted molar refractivity (Wildman–Crippen MR) is 85.5 cm³/mol. The summed E-state index contributed by atoms with van der Waals surface area (Å²) in [5.74, 6) is 0.752. The van der Waals surface area contributed by atoms with Gasteiger partial charge in [-0.2, -0.15) is 0 Å². The molecular formula is C15H10Cl3FN2. The van der Waals surface area contributed by atoms with E-state index in [1.165, 1.54) is 12.1 Å². The van der Waals surface area contributed by atoms with Crippen molar-refractivity contribution in [3.05, 3.63) is 58.1 Å². The van der Waals surface area contributed by atoms with Gasteiger partial charge in [-0.3, -0.25) is 4.57 Å². The molecule has 3 aromatic rings. The Bertz CT molecular complexity index is 794. The number of rotatable bonds is 3. The second-order valence-electron chi connectivity index (χ2n) is 4.56. The van der Waals surface area contributed by atoms with Crippen molar-refractivity contribution in [3.8, 4) is 5.69 Å². The Balaban J connectivity index is 2.32. The minimum atomic E-state index is -0.404. The van der Waals surface area contributed by atoms with Crippen molar-refractivity contribution in [3.63, 3.8) is 0 Å². The summed E-state index contributed by atoms with van der Waals surface area (Å²) in [7, 11) is 0. The summed E-state index contributed by atoms with van der Waals surface area (Å²) in [6, 6.07) is 9.74. The molecule has 0 spiro atoms. The van der Waals surface area contributed by atoms with E-state index in [0.717, 1.165) is 16.9 Å². The van der Waals surface area contributed by atoms with Gasteiger partial charge in [0.25, 0.3) is 0 Å². The summed E-state index contributed by atoms with van der Waals surface area (Å²) in [4.78, 5) is 4.53. The van der Waals surface area contributed by atoms with E-state index in [1.54, 1.807) is 18.2 Å². The molecule has 1 heterocycles. The third-order valence-electron chi connectivity index (χ3n) is 3.11. The van der Waals surface area contributed by atoms with E-state index in [9.17, 15) is 4.39 Å². The predicted octanol–water partition coefficient (Wildman–Crippen LogP) is 5.25. The van der Waals surface area contributed by atoms with Crippen LogP contribution in [0.25, 0.3) is 16.7 Å². The first-order chi connectivity index (χ1) is 10.1. The third kappa shape index (κ3) is 2.86. The minimum Gasteiger partial charge on any atom is -0.296 e. The average Bonchev–Trinajstić information content (AvgIpc) is 2.75. The number of hydrogen-bond acceptors (Lipinski definition) is 1. The number of halogens is 4. The maximum absolute atomic E-state index is 13.6. The molecule has 0 radical (unpaired) electrons. The summed E-state index contributed by atoms with van der Waals surface area (Å²) < 4.78 is 15.5. The van der Waals surface area contributed by atoms with Crippen LogP contribution in [0.3, 0.4) is 0 Å². The third-order valence-corrected chi connectivity index (χ3v) is 3.75. The van der Waals surface area contributed by atoms with E-state index >= 15 is 0 Å². The Morgan fingerprint density at radius 1 is 1.05 bits per heavy atom. The molecule has 0 aliphatic rings. The molecule has 2 aromatic carbocycles. The summed E-state index contributed by atoms with van der Waals surface area (Å²) >= 11 is 17.9. The molecule has 0 bridgehead atoms. The van der Waals surface area contributed by atoms with Crippen LogP contribution in [-0.4, -0.2) is 15.4 Å². The van der Waals surface area contributed by atoms with Gasteiger partial charge in [-0.1, -0.05) is 23.2 Å². The lowest BCUT2D eigenvalue weighted by Crippen LogP contribution is -2.02. The van der Waals surface area contributed by atoms with Gasteiger partial charge in [-0.15, -0.1) is 11.6 Å². The molecule has 21 heavy (non-hydrogen) atoms. The summed E-state index contributed by atoms with van der Waals surface area (Å²) in [6.45, 7) is 0. The minimum absolute atomic E-state index is 0.325. The van der Waals surface area contributed by atoms with Crippen LogP contribution in [0.15, 0.2) is 36.4 Å². The smallest absolute Gasteiger partial charge is 0.126 e. The molecule has 3 rings (SSSR count). The van der Waals surface area contributed by atoms with Crippen molar-refractivity contribution in [1.82, 2.24) is 9.55 Å². The van der Waals surface area contributed by atoms with Crippen LogP contribution >= 0.6 is 34.8 Å². The van der Waals surface area contributed by atoms with Gasteiger partial charge in [0.15, 0.2) is 0 Å². The second kappa shape index (κ2) is 5.84. The summed E-state index contributed by atoms with van der Waals surface area (Å²) in [5.41, 5.74) is 2.18. The van der Waals surface area contributed by atoms with Crippen LogP contribution in [0.5, 0.6) is 0 Å². The molecule has 0 aliphatic carbocycles. The van der Waals surface area contributed by atoms with Crippen molar-refractivity contribution in [2.45, 2.75) is 6.42 Å². The first kappa shape index (κ1) is 14.6. The average molecular weight is 344 g/mol. The highest BCUT2D eigenvalue weighted by atomic mass is 35.5. The van der Waals surface area contributed by atoms with Gasteiger partial charge in [0, 0.05) is 22.3 Å². The zero-order chi connectivity index (χ0) is 15.0. The fourth-order valence-electron chi connectivity index (χ4n) is 2.31. The molecule has 0 N–H and O–H groups in total. The number of nitrogens with zero attached hydrogens (tertiary/aromatic N) is 2. The van der Waals surface area contributed by atoms with Crippen LogP contribution < -0.4 is 0 Å². The highest BCUT2D eigenvalue weighted by Crippen LogP contribution is 2.27. The Labute approximate surface area is 136 Å². The zero-order valence-corrected chi connectivity index (χ0v) is 13.1. The Hall–Kier alpha value is -1.29. The molecule has 2 nitrogen and oxygen atoms in total. The SMILES string of the molecule is Fc1cc(Cl)cc(-n2c(CCCl)nc3ccc(Cl)cc32)c1. The largest absolute Gasteiger partial charge is 0.296 e. The summed E-state index contributed by atoms with van der Waals surface area (Å²) in [6.07, 6.45) is 0.558. The summed E-state index contributed by atoms with van der Waals surface area (Å²) in [5, 5.41) is 0.911. The van der Waals surface area contributed by atoms with E-state index in [2.05, 4.69) is 4.98 Å². The monoisotopic (exact) mass is 342 g/mol. The number of hydrogen-bond donors (Lipinski definition) is 0. The van der Waals surface area contributed by atoms with Crippen LogP contribution in [0.4, 0.5) is 4.39 Å². The van der Waals surface area contributed by atoms with Gasteiger partial charge in [0.05, 0.1) is 16.7 Å². The van der Waals surface area contributed by atoms with Crippen molar-refractivity contribution in [2.24, 2.45) is 0 Å². The molecule has 0 amide bonds. The highest BCUT2D eigenvalue weighted by Gasteiger charge is 2.13. The molecule has 1 aromatic heterocycles. The maximum Gasteiger partial charge on any atom is 0.126 e. The maximum atomic E-state index is 13.6. The van der Waals surface area contributed by atoms with Crippen molar-refractivity contribution >= 4 is 45.8 Å². The molecule has 6 heteroatoms. The Morgan fingerprint density at radius 3 is 2.57 bits per heavy atom. The highest BCUT2D eigenvalue weighted by molar-refractivity contribution is 6.31. The molecule has 0 unspecified atom stereocenters. The zero-order valence-electron chi connectivity index (χ0n) is 10.8. The van der Waals surface area contributed by atoms with E-state index in [0.29, 0.717) is 28.0 Å². The van der Waals surface area contributed by atoms with Crippen LogP contribution in [0, 0.1) is 5.82 Å². The van der Waals surface area contributed by atoms with Gasteiger partial charge in [0.1, 0.15) is 11.6 Å².